The largest absolute Gasteiger partial charge is 0.256 e. The second-order valence-electron chi connectivity index (χ2n) is 7.62. The van der Waals surface area contributed by atoms with Crippen molar-refractivity contribution in [2.24, 2.45) is 5.92 Å². The quantitative estimate of drug-likeness (QED) is 0.519. The van der Waals surface area contributed by atoms with Crippen LogP contribution in [0, 0.1) is 5.92 Å². The highest BCUT2D eigenvalue weighted by Crippen LogP contribution is 2.28. The topological polar surface area (TPSA) is 12.9 Å². The lowest BCUT2D eigenvalue weighted by molar-refractivity contribution is 0.356. The van der Waals surface area contributed by atoms with Gasteiger partial charge in [-0.1, -0.05) is 80.6 Å². The van der Waals surface area contributed by atoms with Crippen molar-refractivity contribution < 1.29 is 0 Å². The Morgan fingerprint density at radius 2 is 1.54 bits per heavy atom. The van der Waals surface area contributed by atoms with E-state index in [1.165, 1.54) is 60.8 Å². The van der Waals surface area contributed by atoms with Crippen LogP contribution < -0.4 is 0 Å². The summed E-state index contributed by atoms with van der Waals surface area (Å²) in [6.07, 6.45) is 11.2. The maximum atomic E-state index is 4.65. The lowest BCUT2D eigenvalue weighted by Gasteiger charge is -2.21. The average molecular weight is 341 g/mol. The minimum atomic E-state index is 0.864. The molecule has 1 aliphatic rings. The molecule has 1 nitrogen and oxygen atoms in total. The molecule has 132 valence electrons. The monoisotopic (exact) mass is 341 g/mol. The summed E-state index contributed by atoms with van der Waals surface area (Å²) in [7, 11) is 0. The van der Waals surface area contributed by atoms with Crippen molar-refractivity contribution in [1.82, 2.24) is 4.98 Å². The maximum Gasteiger partial charge on any atom is 0.0704 e. The fourth-order valence-electron chi connectivity index (χ4n) is 4.16. The summed E-state index contributed by atoms with van der Waals surface area (Å²) in [5.74, 6) is 0.864. The molecule has 0 unspecified atom stereocenters. The predicted molar refractivity (Wildman–Crippen MR) is 109 cm³/mol. The van der Waals surface area contributed by atoms with E-state index in [1.807, 2.05) is 6.20 Å². The van der Waals surface area contributed by atoms with Gasteiger partial charge in [-0.05, 0) is 53.6 Å². The van der Waals surface area contributed by atoms with Crippen LogP contribution in [0.3, 0.4) is 0 Å². The molecule has 1 aromatic heterocycles. The normalized spacial score (nSPS) is 15.1. The Bertz CT molecular complexity index is 832. The van der Waals surface area contributed by atoms with Crippen LogP contribution in [0.1, 0.15) is 48.8 Å². The van der Waals surface area contributed by atoms with Crippen LogP contribution in [0.2, 0.25) is 0 Å². The molecule has 0 bridgehead atoms. The van der Waals surface area contributed by atoms with Gasteiger partial charge in [-0.25, -0.2) is 0 Å². The van der Waals surface area contributed by atoms with E-state index in [0.29, 0.717) is 0 Å². The number of rotatable bonds is 5. The van der Waals surface area contributed by atoms with Crippen molar-refractivity contribution in [3.8, 4) is 11.3 Å². The van der Waals surface area contributed by atoms with Gasteiger partial charge in [0.1, 0.15) is 0 Å². The number of nitrogens with zero attached hydrogens (tertiary/aromatic N) is 1. The molecule has 3 aromatic rings. The van der Waals surface area contributed by atoms with Crippen LogP contribution in [-0.4, -0.2) is 4.98 Å². The second-order valence-corrected chi connectivity index (χ2v) is 7.62. The molecule has 1 heterocycles. The summed E-state index contributed by atoms with van der Waals surface area (Å²) in [5.41, 5.74) is 6.46. The van der Waals surface area contributed by atoms with Gasteiger partial charge in [-0.15, -0.1) is 0 Å². The number of hydrogen-bond acceptors (Lipinski definition) is 1. The molecule has 1 aliphatic carbocycles. The lowest BCUT2D eigenvalue weighted by atomic mass is 9.85. The minimum absolute atomic E-state index is 0.864. The Morgan fingerprint density at radius 1 is 0.731 bits per heavy atom. The summed E-state index contributed by atoms with van der Waals surface area (Å²) in [6.45, 7) is 0. The van der Waals surface area contributed by atoms with Crippen LogP contribution in [-0.2, 0) is 12.8 Å². The highest BCUT2D eigenvalue weighted by atomic mass is 14.7. The Kier molecular flexibility index (Phi) is 5.44. The Morgan fingerprint density at radius 3 is 2.38 bits per heavy atom. The van der Waals surface area contributed by atoms with Gasteiger partial charge in [-0.2, -0.15) is 0 Å². The van der Waals surface area contributed by atoms with Gasteiger partial charge >= 0.3 is 0 Å². The van der Waals surface area contributed by atoms with Crippen LogP contribution >= 0.6 is 0 Å². The predicted octanol–water partition coefficient (Wildman–Crippen LogP) is 6.46. The molecule has 1 fully saturated rings. The third-order valence-corrected chi connectivity index (χ3v) is 5.55. The standard InChI is InChI=1S/C25H27N/c1-3-8-20(9-4-1)16-22-12-7-13-24(18-22)25-19-23(14-15-26-25)17-21-10-5-2-6-11-21/h1,3-4,7-9,12-15,18-19,21H,2,5-6,10-11,16-17H2. The molecule has 4 rings (SSSR count). The van der Waals surface area contributed by atoms with Crippen LogP contribution in [0.4, 0.5) is 0 Å². The Labute approximate surface area is 157 Å². The fourth-order valence-corrected chi connectivity index (χ4v) is 4.16. The first-order chi connectivity index (χ1) is 12.9. The average Bonchev–Trinajstić information content (AvgIpc) is 2.70. The van der Waals surface area contributed by atoms with E-state index in [1.54, 1.807) is 0 Å². The summed E-state index contributed by atoms with van der Waals surface area (Å²) in [6, 6.07) is 24.0. The van der Waals surface area contributed by atoms with Gasteiger partial charge in [0.2, 0.25) is 0 Å². The van der Waals surface area contributed by atoms with E-state index in [9.17, 15) is 0 Å². The SMILES string of the molecule is c1ccc(Cc2cccc(-c3cc(CC4CCCCC4)ccn3)c2)cc1. The number of hydrogen-bond donors (Lipinski definition) is 0. The van der Waals surface area contributed by atoms with E-state index in [4.69, 9.17) is 0 Å². The number of pyridine rings is 1. The highest BCUT2D eigenvalue weighted by molar-refractivity contribution is 5.61. The molecule has 0 amide bonds. The van der Waals surface area contributed by atoms with Crippen molar-refractivity contribution in [2.45, 2.75) is 44.9 Å². The molecule has 1 heteroatoms. The molecule has 0 atom stereocenters. The number of benzene rings is 2. The van der Waals surface area contributed by atoms with E-state index in [-0.39, 0.29) is 0 Å². The van der Waals surface area contributed by atoms with Crippen molar-refractivity contribution in [3.05, 3.63) is 89.6 Å². The van der Waals surface area contributed by atoms with Crippen LogP contribution in [0.25, 0.3) is 11.3 Å². The fraction of sp³-hybridized carbons (Fsp3) is 0.320. The van der Waals surface area contributed by atoms with Gasteiger partial charge in [0.05, 0.1) is 5.69 Å². The van der Waals surface area contributed by atoms with Gasteiger partial charge in [0.25, 0.3) is 0 Å². The first kappa shape index (κ1) is 17.0. The Hall–Kier alpha value is -2.41. The third-order valence-electron chi connectivity index (χ3n) is 5.55. The summed E-state index contributed by atoms with van der Waals surface area (Å²) >= 11 is 0. The summed E-state index contributed by atoms with van der Waals surface area (Å²) in [4.78, 5) is 4.65. The van der Waals surface area contributed by atoms with Crippen molar-refractivity contribution in [2.75, 3.05) is 0 Å². The zero-order chi connectivity index (χ0) is 17.6. The lowest BCUT2D eigenvalue weighted by Crippen LogP contribution is -2.09. The molecule has 0 radical (unpaired) electrons. The van der Waals surface area contributed by atoms with E-state index in [0.717, 1.165) is 18.0 Å². The van der Waals surface area contributed by atoms with Gasteiger partial charge in [-0.3, -0.25) is 4.98 Å². The third kappa shape index (κ3) is 4.40. The first-order valence-electron chi connectivity index (χ1n) is 9.95. The van der Waals surface area contributed by atoms with E-state index >= 15 is 0 Å². The second kappa shape index (κ2) is 8.31. The molecule has 26 heavy (non-hydrogen) atoms. The van der Waals surface area contributed by atoms with E-state index in [2.05, 4.69) is 71.7 Å². The van der Waals surface area contributed by atoms with Gasteiger partial charge < -0.3 is 0 Å². The van der Waals surface area contributed by atoms with Crippen molar-refractivity contribution in [1.29, 1.82) is 0 Å². The zero-order valence-corrected chi connectivity index (χ0v) is 15.4. The molecule has 0 N–H and O–H groups in total. The Balaban J connectivity index is 1.51. The van der Waals surface area contributed by atoms with Crippen molar-refractivity contribution in [3.63, 3.8) is 0 Å². The summed E-state index contributed by atoms with van der Waals surface area (Å²) < 4.78 is 0. The highest BCUT2D eigenvalue weighted by Gasteiger charge is 2.14. The smallest absolute Gasteiger partial charge is 0.0704 e. The molecular weight excluding hydrogens is 314 g/mol. The van der Waals surface area contributed by atoms with Crippen molar-refractivity contribution >= 4 is 0 Å². The molecule has 0 spiro atoms. The summed E-state index contributed by atoms with van der Waals surface area (Å²) in [5, 5.41) is 0. The van der Waals surface area contributed by atoms with Crippen LogP contribution in [0.5, 0.6) is 0 Å². The zero-order valence-electron chi connectivity index (χ0n) is 15.4. The molecule has 1 saturated carbocycles. The minimum Gasteiger partial charge on any atom is -0.256 e. The van der Waals surface area contributed by atoms with Gasteiger partial charge in [0.15, 0.2) is 0 Å². The van der Waals surface area contributed by atoms with Crippen LogP contribution in [0.15, 0.2) is 72.9 Å². The number of aromatic nitrogens is 1. The molecular formula is C25H27N. The first-order valence-corrected chi connectivity index (χ1v) is 9.95. The molecule has 0 saturated heterocycles. The molecule has 2 aromatic carbocycles. The van der Waals surface area contributed by atoms with Gasteiger partial charge in [0, 0.05) is 11.8 Å². The van der Waals surface area contributed by atoms with E-state index < -0.39 is 0 Å². The maximum absolute atomic E-state index is 4.65. The molecule has 0 aliphatic heterocycles.